The zero-order valence-electron chi connectivity index (χ0n) is 10.0. The molecule has 0 saturated heterocycles. The minimum Gasteiger partial charge on any atom is -0.323 e. The number of halogens is 2. The van der Waals surface area contributed by atoms with Crippen LogP contribution in [0.15, 0.2) is 36.0 Å². The van der Waals surface area contributed by atoms with E-state index in [0.717, 1.165) is 10.7 Å². The van der Waals surface area contributed by atoms with Crippen LogP contribution in [0.3, 0.4) is 0 Å². The van der Waals surface area contributed by atoms with Crippen LogP contribution in [-0.4, -0.2) is 15.3 Å². The van der Waals surface area contributed by atoms with Crippen LogP contribution in [0.4, 0.5) is 0 Å². The monoisotopic (exact) mass is 342 g/mol. The first-order valence-electron chi connectivity index (χ1n) is 5.68. The highest BCUT2D eigenvalue weighted by molar-refractivity contribution is 7.20. The number of ketones is 1. The Kier molecular flexibility index (Phi) is 3.94. The maximum Gasteiger partial charge on any atom is 0.184 e. The molecule has 3 rings (SSSR count). The van der Waals surface area contributed by atoms with E-state index in [1.54, 1.807) is 29.8 Å². The molecule has 0 aliphatic carbocycles. The van der Waals surface area contributed by atoms with Crippen LogP contribution in [0.2, 0.25) is 8.67 Å². The summed E-state index contributed by atoms with van der Waals surface area (Å²) in [6.07, 6.45) is 3.47. The summed E-state index contributed by atoms with van der Waals surface area (Å²) < 4.78 is 2.76. The molecule has 3 aromatic rings. The third kappa shape index (κ3) is 2.67. The lowest BCUT2D eigenvalue weighted by atomic mass is 10.2. The highest BCUT2D eigenvalue weighted by Crippen LogP contribution is 2.32. The summed E-state index contributed by atoms with van der Waals surface area (Å²) in [5, 5.41) is 1.98. The first-order chi connectivity index (χ1) is 9.65. The van der Waals surface area contributed by atoms with Crippen molar-refractivity contribution in [3.05, 3.63) is 50.2 Å². The average Bonchev–Trinajstić information content (AvgIpc) is 3.09. The second-order valence-electron chi connectivity index (χ2n) is 4.02. The minimum absolute atomic E-state index is 0.0750. The molecule has 0 bridgehead atoms. The van der Waals surface area contributed by atoms with E-state index in [1.165, 1.54) is 11.3 Å². The number of aromatic nitrogens is 2. The molecule has 0 spiro atoms. The average molecular weight is 343 g/mol. The molecule has 0 unspecified atom stereocenters. The van der Waals surface area contributed by atoms with Crippen LogP contribution in [0.1, 0.15) is 10.4 Å². The Morgan fingerprint density at radius 1 is 1.40 bits per heavy atom. The Hall–Kier alpha value is -1.14. The topological polar surface area (TPSA) is 34.9 Å². The van der Waals surface area contributed by atoms with Gasteiger partial charge in [-0.05, 0) is 17.5 Å². The van der Waals surface area contributed by atoms with E-state index in [9.17, 15) is 4.79 Å². The summed E-state index contributed by atoms with van der Waals surface area (Å²) >= 11 is 14.7. The summed E-state index contributed by atoms with van der Waals surface area (Å²) in [7, 11) is 0. The van der Waals surface area contributed by atoms with E-state index < -0.39 is 0 Å². The van der Waals surface area contributed by atoms with Crippen molar-refractivity contribution < 1.29 is 4.79 Å². The fraction of sp³-hybridized carbons (Fsp3) is 0.0769. The van der Waals surface area contributed by atoms with Gasteiger partial charge >= 0.3 is 0 Å². The molecule has 0 atom stereocenters. The van der Waals surface area contributed by atoms with Crippen LogP contribution >= 0.6 is 45.9 Å². The van der Waals surface area contributed by atoms with Crippen molar-refractivity contribution in [3.63, 3.8) is 0 Å². The molecule has 102 valence electrons. The lowest BCUT2D eigenvalue weighted by Crippen LogP contribution is -2.10. The Balaban J connectivity index is 1.87. The third-order valence-electron chi connectivity index (χ3n) is 2.73. The fourth-order valence-corrected chi connectivity index (χ4v) is 4.07. The van der Waals surface area contributed by atoms with Gasteiger partial charge in [0.05, 0.1) is 21.3 Å². The van der Waals surface area contributed by atoms with Gasteiger partial charge in [-0.15, -0.1) is 22.7 Å². The van der Waals surface area contributed by atoms with Crippen molar-refractivity contribution in [2.75, 3.05) is 0 Å². The molecule has 0 saturated carbocycles. The zero-order valence-corrected chi connectivity index (χ0v) is 13.2. The van der Waals surface area contributed by atoms with Gasteiger partial charge in [0.2, 0.25) is 0 Å². The summed E-state index contributed by atoms with van der Waals surface area (Å²) in [6, 6.07) is 5.54. The van der Waals surface area contributed by atoms with Gasteiger partial charge in [0.15, 0.2) is 5.78 Å². The summed E-state index contributed by atoms with van der Waals surface area (Å²) in [6.45, 7) is 0.194. The zero-order chi connectivity index (χ0) is 14.1. The van der Waals surface area contributed by atoms with Crippen molar-refractivity contribution >= 4 is 51.7 Å². The second kappa shape index (κ2) is 5.69. The Morgan fingerprint density at radius 2 is 2.25 bits per heavy atom. The number of hydrogen-bond donors (Lipinski definition) is 0. The van der Waals surface area contributed by atoms with Crippen LogP contribution in [0.5, 0.6) is 0 Å². The molecule has 0 fully saturated rings. The second-order valence-corrected chi connectivity index (χ2v) is 7.25. The number of imidazole rings is 1. The van der Waals surface area contributed by atoms with Gasteiger partial charge in [-0.25, -0.2) is 4.98 Å². The molecule has 0 N–H and O–H groups in total. The van der Waals surface area contributed by atoms with Gasteiger partial charge < -0.3 is 4.57 Å². The first kappa shape index (κ1) is 13.8. The van der Waals surface area contributed by atoms with E-state index in [4.69, 9.17) is 23.2 Å². The van der Waals surface area contributed by atoms with Crippen LogP contribution in [0, 0.1) is 0 Å². The summed E-state index contributed by atoms with van der Waals surface area (Å²) in [5.74, 6) is 0.708. The highest BCUT2D eigenvalue weighted by atomic mass is 35.5. The standard InChI is InChI=1S/C13H8Cl2N2OS2/c14-11-6-8(12(15)20-11)9(18)7-17-4-3-16-13(17)10-2-1-5-19-10/h1-6H,7H2. The van der Waals surface area contributed by atoms with E-state index in [1.807, 2.05) is 22.1 Å². The van der Waals surface area contributed by atoms with Gasteiger partial charge in [-0.3, -0.25) is 4.79 Å². The molecule has 0 aromatic carbocycles. The molecule has 0 amide bonds. The van der Waals surface area contributed by atoms with Crippen molar-refractivity contribution in [3.8, 4) is 10.7 Å². The SMILES string of the molecule is O=C(Cn1ccnc1-c1cccs1)c1cc(Cl)sc1Cl. The van der Waals surface area contributed by atoms with Gasteiger partial charge in [0.1, 0.15) is 10.2 Å². The molecule has 3 aromatic heterocycles. The maximum absolute atomic E-state index is 12.3. The number of carbonyl (C=O) groups excluding carboxylic acids is 1. The number of Topliss-reactive ketones (excluding diaryl/α,β-unsaturated/α-hetero) is 1. The molecule has 0 aliphatic rings. The Labute approximate surface area is 133 Å². The number of nitrogens with zero attached hydrogens (tertiary/aromatic N) is 2. The first-order valence-corrected chi connectivity index (χ1v) is 8.13. The number of thiophene rings is 2. The maximum atomic E-state index is 12.3. The molecule has 0 aliphatic heterocycles. The largest absolute Gasteiger partial charge is 0.323 e. The van der Waals surface area contributed by atoms with Gasteiger partial charge in [-0.1, -0.05) is 29.3 Å². The fourth-order valence-electron chi connectivity index (χ4n) is 1.84. The lowest BCUT2D eigenvalue weighted by molar-refractivity contribution is 0.0973. The predicted molar refractivity (Wildman–Crippen MR) is 84.2 cm³/mol. The smallest absolute Gasteiger partial charge is 0.184 e. The van der Waals surface area contributed by atoms with Crippen molar-refractivity contribution in [1.82, 2.24) is 9.55 Å². The minimum atomic E-state index is -0.0750. The third-order valence-corrected chi connectivity index (χ3v) is 5.08. The van der Waals surface area contributed by atoms with Gasteiger partial charge in [0, 0.05) is 12.4 Å². The van der Waals surface area contributed by atoms with E-state index in [0.29, 0.717) is 14.2 Å². The summed E-state index contributed by atoms with van der Waals surface area (Å²) in [5.41, 5.74) is 0.465. The predicted octanol–water partition coefficient (Wildman–Crippen LogP) is 4.86. The van der Waals surface area contributed by atoms with E-state index in [-0.39, 0.29) is 12.3 Å². The number of carbonyl (C=O) groups is 1. The normalized spacial score (nSPS) is 10.9. The lowest BCUT2D eigenvalue weighted by Gasteiger charge is -2.05. The highest BCUT2D eigenvalue weighted by Gasteiger charge is 2.16. The molecule has 7 heteroatoms. The molecule has 20 heavy (non-hydrogen) atoms. The molecular weight excluding hydrogens is 335 g/mol. The van der Waals surface area contributed by atoms with Crippen molar-refractivity contribution in [2.45, 2.75) is 6.54 Å². The van der Waals surface area contributed by atoms with Crippen LogP contribution < -0.4 is 0 Å². The van der Waals surface area contributed by atoms with Crippen LogP contribution in [0.25, 0.3) is 10.7 Å². The van der Waals surface area contributed by atoms with Crippen molar-refractivity contribution in [1.29, 1.82) is 0 Å². The van der Waals surface area contributed by atoms with Crippen LogP contribution in [-0.2, 0) is 6.54 Å². The number of hydrogen-bond acceptors (Lipinski definition) is 4. The van der Waals surface area contributed by atoms with Gasteiger partial charge in [-0.2, -0.15) is 0 Å². The quantitative estimate of drug-likeness (QED) is 0.634. The van der Waals surface area contributed by atoms with E-state index >= 15 is 0 Å². The summed E-state index contributed by atoms with van der Waals surface area (Å²) in [4.78, 5) is 17.6. The molecule has 3 nitrogen and oxygen atoms in total. The molecule has 3 heterocycles. The molecular formula is C13H8Cl2N2OS2. The Bertz CT molecular complexity index is 746. The van der Waals surface area contributed by atoms with E-state index in [2.05, 4.69) is 4.98 Å². The number of rotatable bonds is 4. The molecule has 0 radical (unpaired) electrons. The van der Waals surface area contributed by atoms with Gasteiger partial charge in [0.25, 0.3) is 0 Å². The Morgan fingerprint density at radius 3 is 2.90 bits per heavy atom. The van der Waals surface area contributed by atoms with Crippen molar-refractivity contribution in [2.24, 2.45) is 0 Å².